The fourth-order valence-corrected chi connectivity index (χ4v) is 3.59. The van der Waals surface area contributed by atoms with E-state index in [0.717, 1.165) is 10.6 Å². The van der Waals surface area contributed by atoms with Crippen LogP contribution in [0.3, 0.4) is 0 Å². The van der Waals surface area contributed by atoms with Gasteiger partial charge in [-0.3, -0.25) is 0 Å². The van der Waals surface area contributed by atoms with Gasteiger partial charge in [-0.2, -0.15) is 23.5 Å². The second-order valence-corrected chi connectivity index (χ2v) is 9.03. The molecule has 0 radical (unpaired) electrons. The third-order valence-corrected chi connectivity index (χ3v) is 5.78. The topological polar surface area (TPSA) is 110 Å². The quantitative estimate of drug-likeness (QED) is 0.600. The molecule has 0 aliphatic carbocycles. The summed E-state index contributed by atoms with van der Waals surface area (Å²) in [4.78, 5) is 8.00. The summed E-state index contributed by atoms with van der Waals surface area (Å²) in [5.74, 6) is -0.193. The number of nitriles is 1. The number of aromatic nitrogens is 4. The van der Waals surface area contributed by atoms with Crippen molar-refractivity contribution in [2.75, 3.05) is 5.75 Å². The highest BCUT2D eigenvalue weighted by atomic mass is 32.2. The van der Waals surface area contributed by atoms with Crippen molar-refractivity contribution in [3.05, 3.63) is 36.3 Å². The zero-order valence-electron chi connectivity index (χ0n) is 16.1. The number of nitrogens with zero attached hydrogens (tertiary/aromatic N) is 5. The zero-order valence-corrected chi connectivity index (χ0v) is 16.9. The lowest BCUT2D eigenvalue weighted by molar-refractivity contribution is -0.141. The molecule has 0 spiro atoms. The molecule has 3 heterocycles. The van der Waals surface area contributed by atoms with Crippen molar-refractivity contribution < 1.29 is 26.3 Å². The van der Waals surface area contributed by atoms with Gasteiger partial charge in [-0.1, -0.05) is 6.92 Å². The number of fused-ring (bicyclic) bond motifs is 1. The van der Waals surface area contributed by atoms with Crippen LogP contribution in [0.4, 0.5) is 13.2 Å². The van der Waals surface area contributed by atoms with Gasteiger partial charge in [0.15, 0.2) is 26.8 Å². The fraction of sp³-hybridized carbons (Fsp3) is 0.333. The normalized spacial score (nSPS) is 12.7. The van der Waals surface area contributed by atoms with Crippen molar-refractivity contribution in [1.82, 2.24) is 19.6 Å². The molecule has 0 unspecified atom stereocenters. The minimum Gasteiger partial charge on any atom is -0.471 e. The Bertz CT molecular complexity index is 1260. The summed E-state index contributed by atoms with van der Waals surface area (Å²) in [6.45, 7) is 4.44. The molecule has 0 amide bonds. The summed E-state index contributed by atoms with van der Waals surface area (Å²) >= 11 is 0. The molecule has 0 aliphatic heterocycles. The molecular formula is C18H16F3N5O3S. The molecule has 30 heavy (non-hydrogen) atoms. The van der Waals surface area contributed by atoms with Crippen molar-refractivity contribution in [1.29, 1.82) is 5.26 Å². The standard InChI is InChI=1S/C18H16F3N5O3S/c1-4-30(27,28)13-7-11(29-17(2,3)10-22)9-23-16(13)12-5-6-26-15(24-12)8-14(25-26)18(19,20)21/h5-9H,4H2,1-3H3. The van der Waals surface area contributed by atoms with Crippen LogP contribution in [0, 0.1) is 11.3 Å². The van der Waals surface area contributed by atoms with Crippen LogP contribution in [0.2, 0.25) is 0 Å². The first kappa shape index (κ1) is 21.5. The van der Waals surface area contributed by atoms with E-state index < -0.39 is 27.3 Å². The Balaban J connectivity index is 2.16. The summed E-state index contributed by atoms with van der Waals surface area (Å²) in [5, 5.41) is 12.5. The molecule has 0 atom stereocenters. The van der Waals surface area contributed by atoms with Crippen LogP contribution in [-0.4, -0.2) is 39.4 Å². The van der Waals surface area contributed by atoms with E-state index in [0.29, 0.717) is 0 Å². The van der Waals surface area contributed by atoms with E-state index in [1.807, 2.05) is 6.07 Å². The predicted molar refractivity (Wildman–Crippen MR) is 99.3 cm³/mol. The number of hydrogen-bond acceptors (Lipinski definition) is 7. The molecule has 8 nitrogen and oxygen atoms in total. The summed E-state index contributed by atoms with van der Waals surface area (Å²) in [7, 11) is -3.80. The van der Waals surface area contributed by atoms with E-state index in [9.17, 15) is 21.6 Å². The Labute approximate surface area is 169 Å². The van der Waals surface area contributed by atoms with Crippen LogP contribution in [0.25, 0.3) is 17.0 Å². The highest BCUT2D eigenvalue weighted by Gasteiger charge is 2.34. The summed E-state index contributed by atoms with van der Waals surface area (Å²) in [6.07, 6.45) is -2.18. The second-order valence-electron chi connectivity index (χ2n) is 6.79. The van der Waals surface area contributed by atoms with Crippen LogP contribution in [0.1, 0.15) is 26.5 Å². The van der Waals surface area contributed by atoms with Crippen LogP contribution in [0.5, 0.6) is 5.75 Å². The van der Waals surface area contributed by atoms with Gasteiger partial charge < -0.3 is 4.74 Å². The van der Waals surface area contributed by atoms with Crippen molar-refractivity contribution in [3.8, 4) is 23.2 Å². The van der Waals surface area contributed by atoms with Gasteiger partial charge in [-0.05, 0) is 19.9 Å². The number of sulfone groups is 1. The van der Waals surface area contributed by atoms with E-state index in [2.05, 4.69) is 15.1 Å². The minimum absolute atomic E-state index is 0.0452. The summed E-state index contributed by atoms with van der Waals surface area (Å²) < 4.78 is 70.4. The second kappa shape index (κ2) is 7.24. The lowest BCUT2D eigenvalue weighted by atomic mass is 10.2. The smallest absolute Gasteiger partial charge is 0.435 e. The molecule has 12 heteroatoms. The van der Waals surface area contributed by atoms with E-state index >= 15 is 0 Å². The van der Waals surface area contributed by atoms with Crippen molar-refractivity contribution in [2.45, 2.75) is 37.4 Å². The zero-order chi connectivity index (χ0) is 22.3. The van der Waals surface area contributed by atoms with Gasteiger partial charge in [0.05, 0.1) is 22.5 Å². The van der Waals surface area contributed by atoms with Crippen LogP contribution in [0.15, 0.2) is 35.5 Å². The third-order valence-electron chi connectivity index (χ3n) is 4.04. The lowest BCUT2D eigenvalue weighted by Crippen LogP contribution is -2.25. The molecule has 3 aromatic heterocycles. The maximum Gasteiger partial charge on any atom is 0.435 e. The molecule has 0 fully saturated rings. The minimum atomic E-state index is -4.64. The Kier molecular flexibility index (Phi) is 5.19. The SMILES string of the molecule is CCS(=O)(=O)c1cc(OC(C)(C)C#N)cnc1-c1ccn2nc(C(F)(F)F)cc2n1. The molecule has 0 bridgehead atoms. The molecule has 3 aromatic rings. The Hall–Kier alpha value is -3.20. The van der Waals surface area contributed by atoms with Crippen molar-refractivity contribution in [2.24, 2.45) is 0 Å². The molecule has 0 saturated heterocycles. The van der Waals surface area contributed by atoms with Crippen LogP contribution < -0.4 is 4.74 Å². The van der Waals surface area contributed by atoms with Gasteiger partial charge in [0.25, 0.3) is 0 Å². The van der Waals surface area contributed by atoms with E-state index in [1.165, 1.54) is 45.3 Å². The summed E-state index contributed by atoms with van der Waals surface area (Å²) in [5.41, 5.74) is -2.46. The Morgan fingerprint density at radius 2 is 1.97 bits per heavy atom. The lowest BCUT2D eigenvalue weighted by Gasteiger charge is -2.19. The average molecular weight is 439 g/mol. The number of ether oxygens (including phenoxy) is 1. The predicted octanol–water partition coefficient (Wildman–Crippen LogP) is 3.28. The highest BCUT2D eigenvalue weighted by molar-refractivity contribution is 7.91. The molecule has 0 aromatic carbocycles. The van der Waals surface area contributed by atoms with E-state index in [4.69, 9.17) is 10.00 Å². The number of rotatable bonds is 5. The maximum absolute atomic E-state index is 12.9. The average Bonchev–Trinajstić information content (AvgIpc) is 3.11. The summed E-state index contributed by atoms with van der Waals surface area (Å²) in [6, 6.07) is 5.23. The first-order valence-electron chi connectivity index (χ1n) is 8.63. The molecule has 158 valence electrons. The molecule has 3 rings (SSSR count). The van der Waals surface area contributed by atoms with Crippen molar-refractivity contribution >= 4 is 15.5 Å². The van der Waals surface area contributed by atoms with E-state index in [1.54, 1.807) is 0 Å². The first-order chi connectivity index (χ1) is 13.9. The maximum atomic E-state index is 12.9. The van der Waals surface area contributed by atoms with Gasteiger partial charge in [0.2, 0.25) is 0 Å². The fourth-order valence-electron chi connectivity index (χ4n) is 2.53. The van der Waals surface area contributed by atoms with Gasteiger partial charge >= 0.3 is 6.18 Å². The number of pyridine rings is 1. The number of halogens is 3. The molecule has 0 saturated carbocycles. The molecule has 0 N–H and O–H groups in total. The largest absolute Gasteiger partial charge is 0.471 e. The van der Waals surface area contributed by atoms with Crippen molar-refractivity contribution in [3.63, 3.8) is 0 Å². The monoisotopic (exact) mass is 439 g/mol. The van der Waals surface area contributed by atoms with Gasteiger partial charge in [-0.25, -0.2) is 22.9 Å². The number of hydrogen-bond donors (Lipinski definition) is 0. The van der Waals surface area contributed by atoms with Gasteiger partial charge in [0.1, 0.15) is 17.5 Å². The Morgan fingerprint density at radius 1 is 1.27 bits per heavy atom. The highest BCUT2D eigenvalue weighted by Crippen LogP contribution is 2.31. The van der Waals surface area contributed by atoms with Crippen LogP contribution in [-0.2, 0) is 16.0 Å². The van der Waals surface area contributed by atoms with Gasteiger partial charge in [0, 0.05) is 18.3 Å². The van der Waals surface area contributed by atoms with Crippen LogP contribution >= 0.6 is 0 Å². The molecule has 0 aliphatic rings. The third kappa shape index (κ3) is 4.20. The Morgan fingerprint density at radius 3 is 2.57 bits per heavy atom. The first-order valence-corrected chi connectivity index (χ1v) is 10.3. The van der Waals surface area contributed by atoms with Gasteiger partial charge in [-0.15, -0.1) is 0 Å². The number of alkyl halides is 3. The molecular weight excluding hydrogens is 423 g/mol. The van der Waals surface area contributed by atoms with E-state index in [-0.39, 0.29) is 33.4 Å².